The summed E-state index contributed by atoms with van der Waals surface area (Å²) in [5.41, 5.74) is 2.59. The van der Waals surface area contributed by atoms with Crippen molar-refractivity contribution in [3.05, 3.63) is 46.2 Å². The number of aromatic nitrogens is 1. The average molecular weight is 416 g/mol. The van der Waals surface area contributed by atoms with Crippen molar-refractivity contribution in [3.8, 4) is 0 Å². The molecule has 152 valence electrons. The number of alkyl halides is 3. The van der Waals surface area contributed by atoms with Gasteiger partial charge in [-0.25, -0.2) is 9.37 Å². The summed E-state index contributed by atoms with van der Waals surface area (Å²) >= 11 is 1.50. The Labute approximate surface area is 163 Å². The largest absolute Gasteiger partial charge is 0.419 e. The number of thiazole rings is 1. The fourth-order valence-electron chi connectivity index (χ4n) is 3.08. The number of benzene rings is 1. The molecule has 1 aromatic heterocycles. The first-order valence-electron chi connectivity index (χ1n) is 8.64. The highest BCUT2D eigenvalue weighted by molar-refractivity contribution is 7.15. The summed E-state index contributed by atoms with van der Waals surface area (Å²) in [6.45, 7) is 4.66. The molecule has 1 aliphatic rings. The highest BCUT2D eigenvalue weighted by Gasteiger charge is 2.60. The second kappa shape index (κ2) is 7.32. The lowest BCUT2D eigenvalue weighted by Gasteiger charge is -2.40. The summed E-state index contributed by atoms with van der Waals surface area (Å²) in [5.74, 6) is -2.17. The van der Waals surface area contributed by atoms with E-state index >= 15 is 0 Å². The van der Waals surface area contributed by atoms with E-state index in [-0.39, 0.29) is 13.1 Å². The van der Waals surface area contributed by atoms with Crippen molar-refractivity contribution in [2.75, 3.05) is 31.1 Å². The van der Waals surface area contributed by atoms with Gasteiger partial charge in [0.15, 0.2) is 5.13 Å². The van der Waals surface area contributed by atoms with Crippen molar-refractivity contribution in [1.82, 2.24) is 9.88 Å². The molecular weight excluding hydrogens is 396 g/mol. The van der Waals surface area contributed by atoms with Crippen LogP contribution in [0, 0.1) is 19.7 Å². The summed E-state index contributed by atoms with van der Waals surface area (Å²) in [6, 6.07) is 3.78. The molecule has 0 radical (unpaired) electrons. The van der Waals surface area contributed by atoms with E-state index in [2.05, 4.69) is 4.98 Å². The van der Waals surface area contributed by atoms with Crippen LogP contribution in [-0.2, 0) is 10.3 Å². The van der Waals surface area contributed by atoms with Crippen molar-refractivity contribution in [2.24, 2.45) is 5.73 Å². The molecule has 1 atom stereocenters. The molecule has 0 bridgehead atoms. The minimum Gasteiger partial charge on any atom is -0.345 e. The summed E-state index contributed by atoms with van der Waals surface area (Å²) in [5, 5.41) is 0.780. The van der Waals surface area contributed by atoms with Crippen molar-refractivity contribution < 1.29 is 22.4 Å². The number of amides is 1. The average Bonchev–Trinajstić information content (AvgIpc) is 2.98. The smallest absolute Gasteiger partial charge is 0.345 e. The SMILES string of the molecule is Cc1nc(N2CCN(C(=O)C(N)(c3cccc(F)c3)C(F)(F)F)CC2)sc1C. The van der Waals surface area contributed by atoms with Crippen LogP contribution >= 0.6 is 11.3 Å². The summed E-state index contributed by atoms with van der Waals surface area (Å²) in [7, 11) is 0. The Bertz CT molecular complexity index is 857. The van der Waals surface area contributed by atoms with Gasteiger partial charge >= 0.3 is 6.18 Å². The fourth-order valence-corrected chi connectivity index (χ4v) is 4.04. The lowest BCUT2D eigenvalue weighted by atomic mass is 9.88. The number of nitrogens with zero attached hydrogens (tertiary/aromatic N) is 3. The predicted octanol–water partition coefficient (Wildman–Crippen LogP) is 2.96. The van der Waals surface area contributed by atoms with Crippen LogP contribution in [0.4, 0.5) is 22.7 Å². The Kier molecular flexibility index (Phi) is 5.37. The first-order chi connectivity index (χ1) is 13.0. The van der Waals surface area contributed by atoms with Gasteiger partial charge in [0.25, 0.3) is 5.91 Å². The number of nitrogens with two attached hydrogens (primary N) is 1. The Hall–Kier alpha value is -2.20. The second-order valence-electron chi connectivity index (χ2n) is 6.73. The molecule has 2 aromatic rings. The van der Waals surface area contributed by atoms with Crippen LogP contribution in [-0.4, -0.2) is 48.1 Å². The number of aryl methyl sites for hydroxylation is 2. The van der Waals surface area contributed by atoms with Gasteiger partial charge in [0, 0.05) is 31.1 Å². The van der Waals surface area contributed by atoms with Gasteiger partial charge in [-0.3, -0.25) is 4.79 Å². The van der Waals surface area contributed by atoms with E-state index in [4.69, 9.17) is 5.73 Å². The summed E-state index contributed by atoms with van der Waals surface area (Å²) in [6.07, 6.45) is -5.07. The lowest BCUT2D eigenvalue weighted by Crippen LogP contribution is -2.64. The molecule has 1 unspecified atom stereocenters. The third-order valence-corrected chi connectivity index (χ3v) is 6.05. The second-order valence-corrected chi connectivity index (χ2v) is 7.92. The minimum absolute atomic E-state index is 0.0703. The quantitative estimate of drug-likeness (QED) is 0.782. The fraction of sp³-hybridized carbons (Fsp3) is 0.444. The first kappa shape index (κ1) is 20.5. The number of halogens is 4. The molecular formula is C18H20F4N4OS. The van der Waals surface area contributed by atoms with Gasteiger partial charge in [-0.1, -0.05) is 12.1 Å². The van der Waals surface area contributed by atoms with Crippen LogP contribution in [0.1, 0.15) is 16.1 Å². The van der Waals surface area contributed by atoms with Crippen LogP contribution in [0.5, 0.6) is 0 Å². The van der Waals surface area contributed by atoms with Gasteiger partial charge in [0.1, 0.15) is 5.82 Å². The van der Waals surface area contributed by atoms with E-state index in [1.54, 1.807) is 0 Å². The van der Waals surface area contributed by atoms with E-state index < -0.39 is 29.0 Å². The summed E-state index contributed by atoms with van der Waals surface area (Å²) < 4.78 is 54.9. The van der Waals surface area contributed by atoms with Crippen molar-refractivity contribution in [1.29, 1.82) is 0 Å². The monoisotopic (exact) mass is 416 g/mol. The Morgan fingerprint density at radius 2 is 1.82 bits per heavy atom. The third-order valence-electron chi connectivity index (χ3n) is 4.92. The van der Waals surface area contributed by atoms with Crippen molar-refractivity contribution >= 4 is 22.4 Å². The number of hydrogen-bond donors (Lipinski definition) is 1. The molecule has 1 fully saturated rings. The molecule has 1 amide bonds. The molecule has 5 nitrogen and oxygen atoms in total. The molecule has 3 rings (SSSR count). The standard InChI is InChI=1S/C18H20F4N4OS/c1-11-12(2)28-16(24-11)26-8-6-25(7-9-26)15(27)17(23,18(20,21)22)13-4-3-5-14(19)10-13/h3-5,10H,6-9,23H2,1-2H3. The maximum Gasteiger partial charge on any atom is 0.419 e. The van der Waals surface area contributed by atoms with E-state index in [0.29, 0.717) is 19.2 Å². The zero-order valence-electron chi connectivity index (χ0n) is 15.4. The molecule has 0 aliphatic carbocycles. The van der Waals surface area contributed by atoms with Gasteiger partial charge in [0.2, 0.25) is 5.54 Å². The van der Waals surface area contributed by atoms with Crippen LogP contribution in [0.2, 0.25) is 0 Å². The Morgan fingerprint density at radius 3 is 2.32 bits per heavy atom. The maximum absolute atomic E-state index is 13.8. The third kappa shape index (κ3) is 3.58. The van der Waals surface area contributed by atoms with Gasteiger partial charge in [0.05, 0.1) is 5.69 Å². The van der Waals surface area contributed by atoms with E-state index in [0.717, 1.165) is 38.8 Å². The molecule has 0 spiro atoms. The highest BCUT2D eigenvalue weighted by atomic mass is 32.1. The zero-order valence-corrected chi connectivity index (χ0v) is 16.2. The molecule has 0 saturated carbocycles. The molecule has 2 heterocycles. The number of rotatable bonds is 3. The molecule has 2 N–H and O–H groups in total. The number of carbonyl (C=O) groups excluding carboxylic acids is 1. The number of carbonyl (C=O) groups is 1. The van der Waals surface area contributed by atoms with Crippen LogP contribution in [0.25, 0.3) is 0 Å². The normalized spacial score (nSPS) is 17.5. The van der Waals surface area contributed by atoms with E-state index in [1.165, 1.54) is 11.3 Å². The van der Waals surface area contributed by atoms with Crippen LogP contribution < -0.4 is 10.6 Å². The number of anilines is 1. The van der Waals surface area contributed by atoms with Crippen molar-refractivity contribution in [3.63, 3.8) is 0 Å². The van der Waals surface area contributed by atoms with E-state index in [1.807, 2.05) is 18.7 Å². The molecule has 1 aromatic carbocycles. The van der Waals surface area contributed by atoms with E-state index in [9.17, 15) is 22.4 Å². The van der Waals surface area contributed by atoms with Gasteiger partial charge < -0.3 is 15.5 Å². The zero-order chi connectivity index (χ0) is 20.7. The van der Waals surface area contributed by atoms with Crippen LogP contribution in [0.3, 0.4) is 0 Å². The molecule has 28 heavy (non-hydrogen) atoms. The Morgan fingerprint density at radius 1 is 1.18 bits per heavy atom. The predicted molar refractivity (Wildman–Crippen MR) is 98.7 cm³/mol. The topological polar surface area (TPSA) is 62.5 Å². The van der Waals surface area contributed by atoms with Crippen molar-refractivity contribution in [2.45, 2.75) is 25.6 Å². The summed E-state index contributed by atoms with van der Waals surface area (Å²) in [4.78, 5) is 21.3. The maximum atomic E-state index is 13.8. The van der Waals surface area contributed by atoms with Gasteiger partial charge in [-0.2, -0.15) is 13.2 Å². The molecule has 1 aliphatic heterocycles. The first-order valence-corrected chi connectivity index (χ1v) is 9.45. The number of piperazine rings is 1. The van der Waals surface area contributed by atoms with Gasteiger partial charge in [-0.15, -0.1) is 11.3 Å². The minimum atomic E-state index is -5.07. The molecule has 10 heteroatoms. The lowest BCUT2D eigenvalue weighted by molar-refractivity contribution is -0.200. The molecule has 1 saturated heterocycles. The van der Waals surface area contributed by atoms with Crippen LogP contribution in [0.15, 0.2) is 24.3 Å². The van der Waals surface area contributed by atoms with Gasteiger partial charge in [-0.05, 0) is 31.5 Å². The highest BCUT2D eigenvalue weighted by Crippen LogP contribution is 2.39. The Balaban J connectivity index is 1.81. The number of hydrogen-bond acceptors (Lipinski definition) is 5.